The van der Waals surface area contributed by atoms with E-state index in [0.717, 1.165) is 33.5 Å². The number of aromatic nitrogens is 2. The molecule has 2 aromatic carbocycles. The van der Waals surface area contributed by atoms with Crippen molar-refractivity contribution >= 4 is 28.9 Å². The largest absolute Gasteiger partial charge is 0.368 e. The molecule has 7 heteroatoms. The van der Waals surface area contributed by atoms with Gasteiger partial charge in [0.2, 0.25) is 5.91 Å². The normalized spacial score (nSPS) is 11.3. The first kappa shape index (κ1) is 20.2. The van der Waals surface area contributed by atoms with E-state index in [9.17, 15) is 9.59 Å². The van der Waals surface area contributed by atoms with Gasteiger partial charge in [-0.2, -0.15) is 5.10 Å². The highest BCUT2D eigenvalue weighted by atomic mass is 16.2. The molecule has 0 aliphatic rings. The average molecular weight is 413 g/mol. The summed E-state index contributed by atoms with van der Waals surface area (Å²) in [5, 5.41) is 5.02. The van der Waals surface area contributed by atoms with Gasteiger partial charge < -0.3 is 14.9 Å². The van der Waals surface area contributed by atoms with Crippen molar-refractivity contribution in [1.82, 2.24) is 14.6 Å². The lowest BCUT2D eigenvalue weighted by atomic mass is 10.2. The van der Waals surface area contributed by atoms with Crippen LogP contribution in [-0.4, -0.2) is 27.2 Å². The quantitative estimate of drug-likeness (QED) is 0.375. The number of rotatable bonds is 6. The van der Waals surface area contributed by atoms with Crippen LogP contribution in [0.2, 0.25) is 0 Å². The monoisotopic (exact) mass is 413 g/mol. The van der Waals surface area contributed by atoms with Crippen LogP contribution in [0.25, 0.3) is 16.6 Å². The summed E-state index contributed by atoms with van der Waals surface area (Å²) in [4.78, 5) is 23.8. The zero-order chi connectivity index (χ0) is 22.0. The second-order valence-corrected chi connectivity index (χ2v) is 7.39. The van der Waals surface area contributed by atoms with Crippen molar-refractivity contribution in [3.8, 4) is 5.69 Å². The van der Waals surface area contributed by atoms with Gasteiger partial charge in [0.1, 0.15) is 6.54 Å². The molecule has 4 rings (SSSR count). The van der Waals surface area contributed by atoms with Crippen LogP contribution < -0.4 is 11.2 Å². The predicted octanol–water partition coefficient (Wildman–Crippen LogP) is 3.30. The Hall–Kier alpha value is -4.13. The summed E-state index contributed by atoms with van der Waals surface area (Å²) in [6, 6.07) is 19.1. The molecule has 0 spiro atoms. The minimum Gasteiger partial charge on any atom is -0.368 e. The Morgan fingerprint density at radius 3 is 2.35 bits per heavy atom. The zero-order valence-electron chi connectivity index (χ0n) is 17.4. The number of hydrogen-bond acceptors (Lipinski definition) is 3. The molecule has 4 aromatic rings. The van der Waals surface area contributed by atoms with Gasteiger partial charge in [-0.25, -0.2) is 5.43 Å². The third kappa shape index (κ3) is 4.11. The topological polar surface area (TPSA) is 94.4 Å². The summed E-state index contributed by atoms with van der Waals surface area (Å²) in [5.41, 5.74) is 13.3. The fraction of sp³-hybridized carbons (Fsp3) is 0.125. The van der Waals surface area contributed by atoms with Gasteiger partial charge in [-0.3, -0.25) is 9.59 Å². The molecule has 2 amide bonds. The molecule has 0 saturated carbocycles. The van der Waals surface area contributed by atoms with E-state index in [-0.39, 0.29) is 12.5 Å². The Kier molecular flexibility index (Phi) is 5.41. The number of benzene rings is 2. The molecule has 7 nitrogen and oxygen atoms in total. The van der Waals surface area contributed by atoms with Crippen LogP contribution >= 0.6 is 0 Å². The second kappa shape index (κ2) is 8.31. The van der Waals surface area contributed by atoms with E-state index in [1.165, 1.54) is 0 Å². The summed E-state index contributed by atoms with van der Waals surface area (Å²) in [6.07, 6.45) is 3.36. The van der Waals surface area contributed by atoms with Gasteiger partial charge in [0.25, 0.3) is 5.91 Å². The first-order chi connectivity index (χ1) is 14.9. The van der Waals surface area contributed by atoms with Crippen LogP contribution in [0.3, 0.4) is 0 Å². The molecule has 0 aliphatic heterocycles. The number of nitrogens with zero attached hydrogens (tertiary/aromatic N) is 3. The lowest BCUT2D eigenvalue weighted by Gasteiger charge is -2.10. The van der Waals surface area contributed by atoms with Gasteiger partial charge in [0.05, 0.1) is 6.21 Å². The number of fused-ring (bicyclic) bond motifs is 1. The molecule has 0 radical (unpaired) electrons. The molecule has 0 saturated heterocycles. The highest BCUT2D eigenvalue weighted by Gasteiger charge is 2.10. The molecular formula is C24H23N5O2. The van der Waals surface area contributed by atoms with E-state index in [2.05, 4.69) is 27.2 Å². The van der Waals surface area contributed by atoms with Gasteiger partial charge >= 0.3 is 0 Å². The highest BCUT2D eigenvalue weighted by molar-refractivity contribution is 6.01. The number of primary amides is 1. The van der Waals surface area contributed by atoms with E-state index in [0.29, 0.717) is 5.56 Å². The third-order valence-electron chi connectivity index (χ3n) is 5.17. The average Bonchev–Trinajstić information content (AvgIpc) is 3.27. The number of carbonyl (C=O) groups is 2. The molecular weight excluding hydrogens is 390 g/mol. The summed E-state index contributed by atoms with van der Waals surface area (Å²) in [5.74, 6) is -0.726. The van der Waals surface area contributed by atoms with Crippen molar-refractivity contribution in [2.45, 2.75) is 20.4 Å². The molecule has 3 N–H and O–H groups in total. The van der Waals surface area contributed by atoms with E-state index in [1.807, 2.05) is 50.2 Å². The maximum absolute atomic E-state index is 12.5. The molecule has 2 heterocycles. The van der Waals surface area contributed by atoms with Crippen molar-refractivity contribution in [2.75, 3.05) is 0 Å². The van der Waals surface area contributed by atoms with Crippen molar-refractivity contribution in [3.63, 3.8) is 0 Å². The van der Waals surface area contributed by atoms with Crippen LogP contribution in [0.1, 0.15) is 27.3 Å². The van der Waals surface area contributed by atoms with Crippen LogP contribution in [-0.2, 0) is 11.3 Å². The molecule has 31 heavy (non-hydrogen) atoms. The molecule has 0 aliphatic carbocycles. The van der Waals surface area contributed by atoms with Gasteiger partial charge in [-0.15, -0.1) is 0 Å². The van der Waals surface area contributed by atoms with Crippen LogP contribution in [0, 0.1) is 13.8 Å². The van der Waals surface area contributed by atoms with Crippen molar-refractivity contribution in [3.05, 3.63) is 89.4 Å². The summed E-state index contributed by atoms with van der Waals surface area (Å²) >= 11 is 0. The minimum absolute atomic E-state index is 0.0768. The van der Waals surface area contributed by atoms with E-state index >= 15 is 0 Å². The Bertz CT molecular complexity index is 1280. The third-order valence-corrected chi connectivity index (χ3v) is 5.17. The smallest absolute Gasteiger partial charge is 0.271 e. The van der Waals surface area contributed by atoms with Gasteiger partial charge in [0.15, 0.2) is 0 Å². The number of carbonyl (C=O) groups excluding carboxylic acids is 2. The number of hydrazone groups is 1. The Labute approximate surface area is 179 Å². The SMILES string of the molecule is Cc1ccc(C)n1-c1ccc(C(=O)NN=Cc2cn(CC(N)=O)c3ccccc23)cc1. The lowest BCUT2D eigenvalue weighted by molar-refractivity contribution is -0.118. The Morgan fingerprint density at radius 2 is 1.68 bits per heavy atom. The first-order valence-electron chi connectivity index (χ1n) is 9.89. The standard InChI is InChI=1S/C24H23N5O2/c1-16-7-8-17(2)29(16)20-11-9-18(10-12-20)24(31)27-26-13-19-14-28(15-23(25)30)22-6-4-3-5-21(19)22/h3-14H,15H2,1-2H3,(H2,25,30)(H,27,31). The maximum Gasteiger partial charge on any atom is 0.271 e. The molecule has 156 valence electrons. The lowest BCUT2D eigenvalue weighted by Crippen LogP contribution is -2.18. The van der Waals surface area contributed by atoms with E-state index in [1.54, 1.807) is 29.1 Å². The van der Waals surface area contributed by atoms with Crippen LogP contribution in [0.5, 0.6) is 0 Å². The van der Waals surface area contributed by atoms with E-state index in [4.69, 9.17) is 5.73 Å². The zero-order valence-corrected chi connectivity index (χ0v) is 17.4. The summed E-state index contributed by atoms with van der Waals surface area (Å²) in [7, 11) is 0. The molecule has 0 bridgehead atoms. The van der Waals surface area contributed by atoms with Crippen LogP contribution in [0.4, 0.5) is 0 Å². The molecule has 0 atom stereocenters. The second-order valence-electron chi connectivity index (χ2n) is 7.39. The van der Waals surface area contributed by atoms with Crippen LogP contribution in [0.15, 0.2) is 72.0 Å². The number of amides is 2. The highest BCUT2D eigenvalue weighted by Crippen LogP contribution is 2.20. The van der Waals surface area contributed by atoms with Gasteiger partial charge in [0, 0.05) is 45.3 Å². The van der Waals surface area contributed by atoms with E-state index < -0.39 is 5.91 Å². The fourth-order valence-corrected chi connectivity index (χ4v) is 3.74. The molecule has 0 fully saturated rings. The number of nitrogens with two attached hydrogens (primary N) is 1. The first-order valence-corrected chi connectivity index (χ1v) is 9.89. The minimum atomic E-state index is -0.425. The Morgan fingerprint density at radius 1 is 1.00 bits per heavy atom. The van der Waals surface area contributed by atoms with Crippen molar-refractivity contribution in [1.29, 1.82) is 0 Å². The summed E-state index contributed by atoms with van der Waals surface area (Å²) < 4.78 is 3.90. The number of hydrogen-bond donors (Lipinski definition) is 2. The van der Waals surface area contributed by atoms with Gasteiger partial charge in [-0.1, -0.05) is 18.2 Å². The fourth-order valence-electron chi connectivity index (χ4n) is 3.74. The van der Waals surface area contributed by atoms with Crippen molar-refractivity contribution < 1.29 is 9.59 Å². The molecule has 0 unspecified atom stereocenters. The molecule has 2 aromatic heterocycles. The van der Waals surface area contributed by atoms with Crippen molar-refractivity contribution in [2.24, 2.45) is 10.8 Å². The number of para-hydroxylation sites is 1. The predicted molar refractivity (Wildman–Crippen MR) is 121 cm³/mol. The maximum atomic E-state index is 12.5. The van der Waals surface area contributed by atoms with Gasteiger partial charge in [-0.05, 0) is 56.3 Å². The number of aryl methyl sites for hydroxylation is 2. The number of nitrogens with one attached hydrogen (secondary N) is 1. The Balaban J connectivity index is 1.49. The summed E-state index contributed by atoms with van der Waals surface area (Å²) in [6.45, 7) is 4.17.